The molecule has 28 heavy (non-hydrogen) atoms. The lowest BCUT2D eigenvalue weighted by molar-refractivity contribution is -0.137. The van der Waals surface area contributed by atoms with Gasteiger partial charge in [0.15, 0.2) is 0 Å². The quantitative estimate of drug-likeness (QED) is 0.557. The number of nitrogens with zero attached hydrogens (tertiary/aromatic N) is 2. The average Bonchev–Trinajstić information content (AvgIpc) is 2.67. The molecular weight excluding hydrogens is 364 g/mol. The minimum Gasteiger partial charge on any atom is -0.481 e. The van der Waals surface area contributed by atoms with Crippen LogP contribution in [0.5, 0.6) is 0 Å². The number of carboxylic acids is 1. The van der Waals surface area contributed by atoms with Crippen LogP contribution in [0.15, 0.2) is 52.2 Å². The molecule has 1 aromatic rings. The molecule has 0 saturated carbocycles. The number of aliphatic carboxylic acids is 1. The topological polar surface area (TPSA) is 52.9 Å². The fraction of sp³-hybridized carbons (Fsp3) is 0.391. The van der Waals surface area contributed by atoms with Gasteiger partial charge in [0.2, 0.25) is 0 Å². The fourth-order valence-corrected chi connectivity index (χ4v) is 7.11. The second kappa shape index (κ2) is 8.31. The van der Waals surface area contributed by atoms with Crippen molar-refractivity contribution in [3.8, 4) is 0 Å². The number of fused-ring (bicyclic) bond motifs is 2. The molecule has 0 saturated heterocycles. The van der Waals surface area contributed by atoms with Gasteiger partial charge in [-0.05, 0) is 64.7 Å². The Labute approximate surface area is 169 Å². The summed E-state index contributed by atoms with van der Waals surface area (Å²) >= 11 is 0. The first-order valence-electron chi connectivity index (χ1n) is 9.99. The van der Waals surface area contributed by atoms with Crippen LogP contribution < -0.4 is 10.1 Å². The molecule has 0 bridgehead atoms. The van der Waals surface area contributed by atoms with Gasteiger partial charge in [0.1, 0.15) is 8.07 Å². The Kier molecular flexibility index (Phi) is 6.03. The van der Waals surface area contributed by atoms with Gasteiger partial charge in [-0.3, -0.25) is 9.79 Å². The Morgan fingerprint density at radius 2 is 1.93 bits per heavy atom. The highest BCUT2D eigenvalue weighted by Crippen LogP contribution is 2.34. The second-order valence-corrected chi connectivity index (χ2v) is 12.5. The van der Waals surface area contributed by atoms with Gasteiger partial charge in [0.05, 0.1) is 5.71 Å². The van der Waals surface area contributed by atoms with E-state index in [0.29, 0.717) is 0 Å². The van der Waals surface area contributed by atoms with Crippen molar-refractivity contribution in [3.05, 3.63) is 52.8 Å². The Bertz CT molecular complexity index is 894. The predicted molar refractivity (Wildman–Crippen MR) is 121 cm³/mol. The Morgan fingerprint density at radius 1 is 1.14 bits per heavy atom. The van der Waals surface area contributed by atoms with Crippen molar-refractivity contribution in [2.45, 2.75) is 38.8 Å². The summed E-state index contributed by atoms with van der Waals surface area (Å²) in [5.41, 5.74) is 4.96. The van der Waals surface area contributed by atoms with Crippen LogP contribution in [0.1, 0.15) is 31.2 Å². The molecule has 0 fully saturated rings. The summed E-state index contributed by atoms with van der Waals surface area (Å²) in [7, 11) is 2.18. The third-order valence-corrected chi connectivity index (χ3v) is 9.37. The smallest absolute Gasteiger partial charge is 0.303 e. The van der Waals surface area contributed by atoms with E-state index in [1.807, 2.05) is 7.05 Å². The number of hydrogen-bond donors (Lipinski definition) is 1. The molecule has 148 valence electrons. The van der Waals surface area contributed by atoms with Crippen LogP contribution in [0.4, 0.5) is 5.69 Å². The maximum atomic E-state index is 10.6. The van der Waals surface area contributed by atoms with E-state index in [-0.39, 0.29) is 6.42 Å². The number of unbranched alkanes of at least 4 members (excludes halogenated alkanes) is 2. The molecule has 5 heteroatoms. The van der Waals surface area contributed by atoms with Crippen LogP contribution in [0.3, 0.4) is 0 Å². The molecule has 3 rings (SSSR count). The third-order valence-electron chi connectivity index (χ3n) is 5.81. The maximum Gasteiger partial charge on any atom is 0.303 e. The molecule has 0 atom stereocenters. The monoisotopic (exact) mass is 394 g/mol. The van der Waals surface area contributed by atoms with E-state index in [1.165, 1.54) is 27.2 Å². The van der Waals surface area contributed by atoms with Crippen molar-refractivity contribution in [1.82, 2.24) is 0 Å². The maximum absolute atomic E-state index is 10.6. The van der Waals surface area contributed by atoms with Gasteiger partial charge in [0.25, 0.3) is 0 Å². The summed E-state index contributed by atoms with van der Waals surface area (Å²) in [6, 6.07) is 6.83. The molecule has 1 heterocycles. The largest absolute Gasteiger partial charge is 0.481 e. The molecule has 0 radical (unpaired) electrons. The average molecular weight is 395 g/mol. The van der Waals surface area contributed by atoms with Crippen molar-refractivity contribution in [3.63, 3.8) is 0 Å². The number of carbonyl (C=O) groups is 1. The SMILES string of the molecule is C/N=C1\C=CC2=Cc3ccc(N(C)CCCCCC(=O)O)cc3[Si](C)(C)C2=C1. The standard InChI is InChI=1S/C23H30N2O2Si/c1-24-19-11-9-17-14-18-10-12-20(16-22(18)28(3,4)21(17)15-19)25(2)13-7-5-6-8-23(26)27/h9-12,14-16H,5-8,13H2,1-4H3,(H,26,27)/b24-19+. The van der Waals surface area contributed by atoms with Crippen LogP contribution >= 0.6 is 0 Å². The van der Waals surface area contributed by atoms with Gasteiger partial charge < -0.3 is 10.0 Å². The molecule has 1 aliphatic carbocycles. The normalized spacial score (nSPS) is 18.2. The van der Waals surface area contributed by atoms with Gasteiger partial charge in [-0.1, -0.05) is 31.7 Å². The Hall–Kier alpha value is -2.40. The van der Waals surface area contributed by atoms with Crippen LogP contribution in [-0.4, -0.2) is 45.5 Å². The fourth-order valence-electron chi connectivity index (χ4n) is 4.04. The minimum absolute atomic E-state index is 0.267. The predicted octanol–water partition coefficient (Wildman–Crippen LogP) is 4.19. The zero-order valence-electron chi connectivity index (χ0n) is 17.3. The van der Waals surface area contributed by atoms with Crippen LogP contribution in [0.25, 0.3) is 6.08 Å². The first-order valence-corrected chi connectivity index (χ1v) is 13.0. The minimum atomic E-state index is -1.80. The van der Waals surface area contributed by atoms with E-state index in [1.54, 1.807) is 0 Å². The summed E-state index contributed by atoms with van der Waals surface area (Å²) in [5, 5.41) is 11.7. The number of anilines is 1. The van der Waals surface area contributed by atoms with Gasteiger partial charge in [-0.2, -0.15) is 0 Å². The Balaban J connectivity index is 1.79. The molecule has 0 spiro atoms. The molecule has 2 aliphatic rings. The number of hydrogen-bond acceptors (Lipinski definition) is 3. The summed E-state index contributed by atoms with van der Waals surface area (Å²) in [6.07, 6.45) is 11.8. The summed E-state index contributed by atoms with van der Waals surface area (Å²) in [6.45, 7) is 5.79. The van der Waals surface area contributed by atoms with E-state index >= 15 is 0 Å². The molecule has 0 aromatic heterocycles. The van der Waals surface area contributed by atoms with E-state index in [9.17, 15) is 4.79 Å². The van der Waals surface area contributed by atoms with Gasteiger partial charge in [0, 0.05) is 32.7 Å². The zero-order valence-corrected chi connectivity index (χ0v) is 18.3. The summed E-state index contributed by atoms with van der Waals surface area (Å²) in [5.74, 6) is -0.703. The summed E-state index contributed by atoms with van der Waals surface area (Å²) < 4.78 is 0. The number of benzene rings is 1. The van der Waals surface area contributed by atoms with Crippen molar-refractivity contribution >= 4 is 36.7 Å². The van der Waals surface area contributed by atoms with E-state index in [2.05, 4.69) is 72.5 Å². The first-order chi connectivity index (χ1) is 13.3. The van der Waals surface area contributed by atoms with Crippen molar-refractivity contribution in [2.24, 2.45) is 4.99 Å². The molecule has 1 aromatic carbocycles. The van der Waals surface area contributed by atoms with Crippen LogP contribution in [0, 0.1) is 0 Å². The lowest BCUT2D eigenvalue weighted by atomic mass is 10.0. The lowest BCUT2D eigenvalue weighted by Gasteiger charge is -2.35. The van der Waals surface area contributed by atoms with Crippen molar-refractivity contribution in [2.75, 3.05) is 25.5 Å². The van der Waals surface area contributed by atoms with Crippen molar-refractivity contribution < 1.29 is 9.90 Å². The highest BCUT2D eigenvalue weighted by molar-refractivity contribution is 6.97. The summed E-state index contributed by atoms with van der Waals surface area (Å²) in [4.78, 5) is 17.3. The molecule has 0 unspecified atom stereocenters. The number of allylic oxidation sites excluding steroid dienone is 5. The van der Waals surface area contributed by atoms with E-state index < -0.39 is 14.0 Å². The molecule has 1 aliphatic heterocycles. The van der Waals surface area contributed by atoms with E-state index in [4.69, 9.17) is 5.11 Å². The zero-order chi connectivity index (χ0) is 20.3. The second-order valence-electron chi connectivity index (χ2n) is 8.16. The van der Waals surface area contributed by atoms with Crippen LogP contribution in [-0.2, 0) is 4.79 Å². The molecule has 1 N–H and O–H groups in total. The first kappa shape index (κ1) is 20.3. The van der Waals surface area contributed by atoms with Crippen LogP contribution in [0.2, 0.25) is 13.1 Å². The van der Waals surface area contributed by atoms with E-state index in [0.717, 1.165) is 31.5 Å². The Morgan fingerprint density at radius 3 is 2.64 bits per heavy atom. The lowest BCUT2D eigenvalue weighted by Crippen LogP contribution is -2.48. The highest BCUT2D eigenvalue weighted by atomic mass is 28.3. The van der Waals surface area contributed by atoms with Gasteiger partial charge in [-0.25, -0.2) is 0 Å². The van der Waals surface area contributed by atoms with Crippen molar-refractivity contribution in [1.29, 1.82) is 0 Å². The third kappa shape index (κ3) is 4.19. The van der Waals surface area contributed by atoms with Gasteiger partial charge in [-0.15, -0.1) is 0 Å². The van der Waals surface area contributed by atoms with Gasteiger partial charge >= 0.3 is 5.97 Å². The highest BCUT2D eigenvalue weighted by Gasteiger charge is 2.36. The molecule has 0 amide bonds. The number of carboxylic acid groups (broad SMARTS) is 1. The molecular formula is C23H30N2O2Si. The molecule has 4 nitrogen and oxygen atoms in total. The number of rotatable bonds is 7. The number of aliphatic imine (C=N–C) groups is 1.